The maximum atomic E-state index is 6.41. The molecule has 1 heterocycles. The van der Waals surface area contributed by atoms with Crippen molar-refractivity contribution in [1.82, 2.24) is 0 Å². The summed E-state index contributed by atoms with van der Waals surface area (Å²) in [6.07, 6.45) is 0. The van der Waals surface area contributed by atoms with E-state index < -0.39 is 0 Å². The van der Waals surface area contributed by atoms with Gasteiger partial charge in [0.15, 0.2) is 0 Å². The number of anilines is 3. The van der Waals surface area contributed by atoms with E-state index in [1.54, 1.807) is 0 Å². The van der Waals surface area contributed by atoms with E-state index in [1.807, 2.05) is 12.1 Å². The fourth-order valence-corrected chi connectivity index (χ4v) is 7.23. The number of hydrogen-bond acceptors (Lipinski definition) is 2. The largest absolute Gasteiger partial charge is 0.456 e. The Labute approximate surface area is 292 Å². The van der Waals surface area contributed by atoms with Crippen LogP contribution < -0.4 is 4.90 Å². The first kappa shape index (κ1) is 29.5. The number of hydrogen-bond donors (Lipinski definition) is 0. The average Bonchev–Trinajstić information content (AvgIpc) is 3.59. The zero-order chi connectivity index (χ0) is 33.3. The summed E-state index contributed by atoms with van der Waals surface area (Å²) in [7, 11) is 0. The molecular weight excluding hydrogens is 607 g/mol. The highest BCUT2D eigenvalue weighted by molar-refractivity contribution is 6.14. The summed E-state index contributed by atoms with van der Waals surface area (Å²) in [5.74, 6) is 0. The van der Waals surface area contributed by atoms with Gasteiger partial charge in [-0.2, -0.15) is 0 Å². The lowest BCUT2D eigenvalue weighted by molar-refractivity contribution is 0.669. The molecule has 0 fully saturated rings. The molecule has 1 aromatic heterocycles. The summed E-state index contributed by atoms with van der Waals surface area (Å²) in [6.45, 7) is 0. The van der Waals surface area contributed by atoms with Crippen LogP contribution in [0.2, 0.25) is 0 Å². The van der Waals surface area contributed by atoms with E-state index in [4.69, 9.17) is 4.42 Å². The van der Waals surface area contributed by atoms with Gasteiger partial charge in [-0.05, 0) is 75.3 Å². The van der Waals surface area contributed by atoms with Crippen LogP contribution in [0.3, 0.4) is 0 Å². The lowest BCUT2D eigenvalue weighted by atomic mass is 9.92. The molecule has 9 aromatic rings. The third-order valence-electron chi connectivity index (χ3n) is 9.52. The van der Waals surface area contributed by atoms with E-state index in [-0.39, 0.29) is 0 Å². The zero-order valence-electron chi connectivity index (χ0n) is 27.4. The van der Waals surface area contributed by atoms with E-state index in [9.17, 15) is 0 Å². The molecular formula is C48H33NO. The van der Waals surface area contributed by atoms with Crippen molar-refractivity contribution in [3.05, 3.63) is 200 Å². The second-order valence-electron chi connectivity index (χ2n) is 12.5. The maximum Gasteiger partial charge on any atom is 0.137 e. The van der Waals surface area contributed by atoms with E-state index in [0.717, 1.165) is 44.6 Å². The molecule has 50 heavy (non-hydrogen) atoms. The number of nitrogens with zero attached hydrogens (tertiary/aromatic N) is 1. The fourth-order valence-electron chi connectivity index (χ4n) is 7.23. The number of benzene rings is 8. The second kappa shape index (κ2) is 12.8. The minimum absolute atomic E-state index is 0.865. The van der Waals surface area contributed by atoms with Crippen molar-refractivity contribution in [2.45, 2.75) is 0 Å². The van der Waals surface area contributed by atoms with Gasteiger partial charge in [0.1, 0.15) is 11.2 Å². The standard InChI is InChI=1S/C48H33NO/c1-3-16-34(17-4-1)38-20-7-8-21-39(38)36-30-32-37(33-31-36)49(45-27-15-29-47-48(45)43-25-12-14-28-46(43)50-47)44-26-13-11-24-42(44)41-23-10-9-22-40(41)35-18-5-2-6-19-35/h1-33H. The number of rotatable bonds is 7. The van der Waals surface area contributed by atoms with Gasteiger partial charge in [-0.15, -0.1) is 0 Å². The molecule has 0 N–H and O–H groups in total. The summed E-state index contributed by atoms with van der Waals surface area (Å²) in [5, 5.41) is 2.19. The normalized spacial score (nSPS) is 11.2. The van der Waals surface area contributed by atoms with Gasteiger partial charge in [0.05, 0.1) is 16.8 Å². The molecule has 0 amide bonds. The Bertz CT molecular complexity index is 2580. The Hall–Kier alpha value is -6.64. The van der Waals surface area contributed by atoms with Crippen LogP contribution in [-0.2, 0) is 0 Å². The first-order valence-electron chi connectivity index (χ1n) is 17.0. The highest BCUT2D eigenvalue weighted by Gasteiger charge is 2.23. The summed E-state index contributed by atoms with van der Waals surface area (Å²) in [5.41, 5.74) is 14.5. The van der Waals surface area contributed by atoms with Crippen LogP contribution in [0.1, 0.15) is 0 Å². The van der Waals surface area contributed by atoms with Gasteiger partial charge >= 0.3 is 0 Å². The third-order valence-corrected chi connectivity index (χ3v) is 9.52. The van der Waals surface area contributed by atoms with Crippen molar-refractivity contribution < 1.29 is 4.42 Å². The molecule has 0 unspecified atom stereocenters. The van der Waals surface area contributed by atoms with Gasteiger partial charge in [-0.25, -0.2) is 0 Å². The van der Waals surface area contributed by atoms with Crippen molar-refractivity contribution in [3.8, 4) is 44.5 Å². The predicted octanol–water partition coefficient (Wildman–Crippen LogP) is 13.7. The molecule has 0 saturated heterocycles. The predicted molar refractivity (Wildman–Crippen MR) is 210 cm³/mol. The van der Waals surface area contributed by atoms with Crippen molar-refractivity contribution >= 4 is 39.0 Å². The van der Waals surface area contributed by atoms with Crippen LogP contribution in [-0.4, -0.2) is 0 Å². The molecule has 0 aliphatic carbocycles. The van der Waals surface area contributed by atoms with Crippen LogP contribution in [0.4, 0.5) is 17.1 Å². The first-order chi connectivity index (χ1) is 24.8. The molecule has 0 radical (unpaired) electrons. The van der Waals surface area contributed by atoms with Crippen molar-refractivity contribution in [1.29, 1.82) is 0 Å². The fraction of sp³-hybridized carbons (Fsp3) is 0. The highest BCUT2D eigenvalue weighted by Crippen LogP contribution is 2.47. The topological polar surface area (TPSA) is 16.4 Å². The van der Waals surface area contributed by atoms with Gasteiger partial charge in [-0.3, -0.25) is 0 Å². The van der Waals surface area contributed by atoms with Gasteiger partial charge < -0.3 is 9.32 Å². The van der Waals surface area contributed by atoms with Crippen LogP contribution in [0.25, 0.3) is 66.4 Å². The molecule has 0 saturated carbocycles. The van der Waals surface area contributed by atoms with E-state index in [0.29, 0.717) is 0 Å². The number of furan rings is 1. The summed E-state index contributed by atoms with van der Waals surface area (Å²) in [4.78, 5) is 2.40. The van der Waals surface area contributed by atoms with Crippen molar-refractivity contribution in [3.63, 3.8) is 0 Å². The van der Waals surface area contributed by atoms with E-state index in [2.05, 4.69) is 193 Å². The Morgan fingerprint density at radius 2 is 0.760 bits per heavy atom. The summed E-state index contributed by atoms with van der Waals surface area (Å²) in [6, 6.07) is 71.0. The molecule has 0 aliphatic rings. The Kier molecular flexibility index (Phi) is 7.53. The summed E-state index contributed by atoms with van der Waals surface area (Å²) >= 11 is 0. The highest BCUT2D eigenvalue weighted by atomic mass is 16.3. The smallest absolute Gasteiger partial charge is 0.137 e. The second-order valence-corrected chi connectivity index (χ2v) is 12.5. The monoisotopic (exact) mass is 639 g/mol. The van der Waals surface area contributed by atoms with Gasteiger partial charge in [0.2, 0.25) is 0 Å². The molecule has 0 atom stereocenters. The quantitative estimate of drug-likeness (QED) is 0.173. The molecule has 0 spiro atoms. The lowest BCUT2D eigenvalue weighted by Gasteiger charge is -2.29. The van der Waals surface area contributed by atoms with Crippen LogP contribution in [0.15, 0.2) is 205 Å². The first-order valence-corrected chi connectivity index (χ1v) is 17.0. The Morgan fingerprint density at radius 1 is 0.300 bits per heavy atom. The minimum atomic E-state index is 0.865. The van der Waals surface area contributed by atoms with Gasteiger partial charge in [-0.1, -0.05) is 164 Å². The molecule has 2 nitrogen and oxygen atoms in total. The number of para-hydroxylation sites is 2. The summed E-state index contributed by atoms with van der Waals surface area (Å²) < 4.78 is 6.41. The molecule has 0 aliphatic heterocycles. The Morgan fingerprint density at radius 3 is 1.42 bits per heavy atom. The molecule has 9 rings (SSSR count). The lowest BCUT2D eigenvalue weighted by Crippen LogP contribution is -2.11. The van der Waals surface area contributed by atoms with E-state index in [1.165, 1.54) is 38.9 Å². The van der Waals surface area contributed by atoms with Crippen molar-refractivity contribution in [2.75, 3.05) is 4.90 Å². The third kappa shape index (κ3) is 5.24. The molecule has 2 heteroatoms. The van der Waals surface area contributed by atoms with Gasteiger partial charge in [0, 0.05) is 16.6 Å². The molecule has 236 valence electrons. The minimum Gasteiger partial charge on any atom is -0.456 e. The van der Waals surface area contributed by atoms with Crippen molar-refractivity contribution in [2.24, 2.45) is 0 Å². The SMILES string of the molecule is c1ccc(-c2ccccc2-c2ccc(N(c3ccccc3-c3ccccc3-c3ccccc3)c3cccc4oc5ccccc5c34)cc2)cc1. The average molecular weight is 640 g/mol. The van der Waals surface area contributed by atoms with Crippen LogP contribution in [0.5, 0.6) is 0 Å². The Balaban J connectivity index is 1.26. The molecule has 8 aromatic carbocycles. The maximum absolute atomic E-state index is 6.41. The van der Waals surface area contributed by atoms with Gasteiger partial charge in [0.25, 0.3) is 0 Å². The van der Waals surface area contributed by atoms with E-state index >= 15 is 0 Å². The van der Waals surface area contributed by atoms with Crippen LogP contribution >= 0.6 is 0 Å². The molecule has 0 bridgehead atoms. The van der Waals surface area contributed by atoms with Crippen LogP contribution in [0, 0.1) is 0 Å². The zero-order valence-corrected chi connectivity index (χ0v) is 27.4. The number of fused-ring (bicyclic) bond motifs is 3.